The first-order valence-electron chi connectivity index (χ1n) is 3.95. The zero-order valence-electron chi connectivity index (χ0n) is 7.81. The van der Waals surface area contributed by atoms with Gasteiger partial charge in [-0.15, -0.1) is 0 Å². The Morgan fingerprint density at radius 2 is 2.31 bits per heavy atom. The summed E-state index contributed by atoms with van der Waals surface area (Å²) in [5.74, 6) is 0.508. The Hall–Kier alpha value is -1.52. The minimum atomic E-state index is -1.32. The summed E-state index contributed by atoms with van der Waals surface area (Å²) in [6, 6.07) is 1.62. The van der Waals surface area contributed by atoms with Gasteiger partial charge in [0.1, 0.15) is 0 Å². The molecule has 0 saturated carbocycles. The zero-order chi connectivity index (χ0) is 10.0. The third-order valence-corrected chi connectivity index (χ3v) is 1.64. The van der Waals surface area contributed by atoms with E-state index in [2.05, 4.69) is 9.84 Å². The molecule has 0 aliphatic heterocycles. The van der Waals surface area contributed by atoms with Crippen molar-refractivity contribution in [1.29, 1.82) is 0 Å². The standard InChI is InChI=1S/C8H12N2O3/c1-5(2)6-4-7(10(3)9-6)13-8(11)12/h4-5H,1-3H3,(H,11,12). The van der Waals surface area contributed by atoms with Crippen LogP contribution in [0.2, 0.25) is 0 Å². The Bertz CT molecular complexity index is 317. The lowest BCUT2D eigenvalue weighted by molar-refractivity contribution is 0.140. The molecule has 5 nitrogen and oxygen atoms in total. The van der Waals surface area contributed by atoms with E-state index in [0.29, 0.717) is 0 Å². The largest absolute Gasteiger partial charge is 0.512 e. The van der Waals surface area contributed by atoms with Crippen LogP contribution in [0.3, 0.4) is 0 Å². The summed E-state index contributed by atoms with van der Waals surface area (Å²) >= 11 is 0. The number of hydrogen-bond acceptors (Lipinski definition) is 3. The molecule has 1 aromatic rings. The molecule has 13 heavy (non-hydrogen) atoms. The van der Waals surface area contributed by atoms with Crippen molar-refractivity contribution < 1.29 is 14.6 Å². The Morgan fingerprint density at radius 3 is 2.69 bits per heavy atom. The fourth-order valence-corrected chi connectivity index (χ4v) is 0.938. The van der Waals surface area contributed by atoms with E-state index in [1.807, 2.05) is 13.8 Å². The summed E-state index contributed by atoms with van der Waals surface area (Å²) in [7, 11) is 1.64. The van der Waals surface area contributed by atoms with Crippen molar-refractivity contribution in [3.8, 4) is 5.88 Å². The number of aromatic nitrogens is 2. The first-order chi connectivity index (χ1) is 6.00. The molecule has 0 aliphatic rings. The second-order valence-electron chi connectivity index (χ2n) is 3.05. The maximum Gasteiger partial charge on any atom is 0.512 e. The first-order valence-corrected chi connectivity index (χ1v) is 3.95. The van der Waals surface area contributed by atoms with Gasteiger partial charge in [0.2, 0.25) is 5.88 Å². The monoisotopic (exact) mass is 184 g/mol. The number of carboxylic acid groups (broad SMARTS) is 1. The van der Waals surface area contributed by atoms with E-state index in [4.69, 9.17) is 5.11 Å². The molecule has 1 heterocycles. The Morgan fingerprint density at radius 1 is 1.69 bits per heavy atom. The van der Waals surface area contributed by atoms with Gasteiger partial charge in [-0.1, -0.05) is 13.8 Å². The maximum atomic E-state index is 10.2. The van der Waals surface area contributed by atoms with Crippen LogP contribution in [0.25, 0.3) is 0 Å². The second-order valence-corrected chi connectivity index (χ2v) is 3.05. The predicted molar refractivity (Wildman–Crippen MR) is 45.9 cm³/mol. The molecule has 1 aromatic heterocycles. The van der Waals surface area contributed by atoms with Gasteiger partial charge in [-0.25, -0.2) is 9.48 Å². The molecule has 0 saturated heterocycles. The fourth-order valence-electron chi connectivity index (χ4n) is 0.938. The van der Waals surface area contributed by atoms with Crippen molar-refractivity contribution in [3.63, 3.8) is 0 Å². The van der Waals surface area contributed by atoms with E-state index < -0.39 is 6.16 Å². The lowest BCUT2D eigenvalue weighted by atomic mass is 10.1. The van der Waals surface area contributed by atoms with Crippen molar-refractivity contribution in [2.45, 2.75) is 19.8 Å². The van der Waals surface area contributed by atoms with Crippen LogP contribution in [0.1, 0.15) is 25.5 Å². The molecule has 0 atom stereocenters. The van der Waals surface area contributed by atoms with Gasteiger partial charge < -0.3 is 9.84 Å². The third kappa shape index (κ3) is 2.21. The molecule has 0 bridgehead atoms. The minimum absolute atomic E-state index is 0.246. The summed E-state index contributed by atoms with van der Waals surface area (Å²) in [6.45, 7) is 3.96. The van der Waals surface area contributed by atoms with E-state index in [-0.39, 0.29) is 11.8 Å². The summed E-state index contributed by atoms with van der Waals surface area (Å²) in [5.41, 5.74) is 0.818. The highest BCUT2D eigenvalue weighted by Gasteiger charge is 2.11. The molecular formula is C8H12N2O3. The van der Waals surface area contributed by atoms with Crippen molar-refractivity contribution in [2.24, 2.45) is 7.05 Å². The molecule has 72 valence electrons. The van der Waals surface area contributed by atoms with Gasteiger partial charge in [0.25, 0.3) is 0 Å². The highest BCUT2D eigenvalue weighted by molar-refractivity contribution is 5.60. The molecule has 0 unspecified atom stereocenters. The summed E-state index contributed by atoms with van der Waals surface area (Å²) in [5, 5.41) is 12.5. The van der Waals surface area contributed by atoms with Crippen LogP contribution in [-0.4, -0.2) is 21.0 Å². The maximum absolute atomic E-state index is 10.2. The summed E-state index contributed by atoms with van der Waals surface area (Å²) < 4.78 is 5.90. The molecule has 1 rings (SSSR count). The van der Waals surface area contributed by atoms with Crippen molar-refractivity contribution >= 4 is 6.16 Å². The van der Waals surface area contributed by atoms with Crippen molar-refractivity contribution in [2.75, 3.05) is 0 Å². The predicted octanol–water partition coefficient (Wildman–Crippen LogP) is 1.60. The van der Waals surface area contributed by atoms with E-state index in [0.717, 1.165) is 5.69 Å². The van der Waals surface area contributed by atoms with Crippen LogP contribution in [-0.2, 0) is 7.05 Å². The van der Waals surface area contributed by atoms with E-state index in [1.54, 1.807) is 13.1 Å². The van der Waals surface area contributed by atoms with E-state index in [1.165, 1.54) is 4.68 Å². The van der Waals surface area contributed by atoms with E-state index in [9.17, 15) is 4.79 Å². The number of ether oxygens (including phenoxy) is 1. The number of rotatable bonds is 2. The lowest BCUT2D eigenvalue weighted by Gasteiger charge is -1.96. The van der Waals surface area contributed by atoms with Gasteiger partial charge in [0.05, 0.1) is 5.69 Å². The van der Waals surface area contributed by atoms with Crippen LogP contribution in [0.5, 0.6) is 5.88 Å². The number of aryl methyl sites for hydroxylation is 1. The van der Waals surface area contributed by atoms with Crippen molar-refractivity contribution in [1.82, 2.24) is 9.78 Å². The number of hydrogen-bond donors (Lipinski definition) is 1. The minimum Gasteiger partial charge on any atom is -0.449 e. The molecular weight excluding hydrogens is 172 g/mol. The Labute approximate surface area is 75.9 Å². The normalized spacial score (nSPS) is 10.5. The molecule has 1 N–H and O–H groups in total. The molecule has 0 aliphatic carbocycles. The molecule has 0 spiro atoms. The molecule has 0 fully saturated rings. The highest BCUT2D eigenvalue weighted by atomic mass is 16.7. The quantitative estimate of drug-likeness (QED) is 0.709. The average molecular weight is 184 g/mol. The van der Waals surface area contributed by atoms with Gasteiger partial charge in [-0.05, 0) is 5.92 Å². The summed E-state index contributed by atoms with van der Waals surface area (Å²) in [6.07, 6.45) is -1.32. The first kappa shape index (κ1) is 9.57. The number of carbonyl (C=O) groups is 1. The topological polar surface area (TPSA) is 64.3 Å². The van der Waals surface area contributed by atoms with Crippen LogP contribution in [0.15, 0.2) is 6.07 Å². The van der Waals surface area contributed by atoms with Crippen molar-refractivity contribution in [3.05, 3.63) is 11.8 Å². The smallest absolute Gasteiger partial charge is 0.449 e. The third-order valence-electron chi connectivity index (χ3n) is 1.64. The van der Waals surface area contributed by atoms with Crippen LogP contribution < -0.4 is 4.74 Å². The Kier molecular flexibility index (Phi) is 2.55. The molecule has 0 amide bonds. The molecule has 0 aromatic carbocycles. The zero-order valence-corrected chi connectivity index (χ0v) is 7.81. The van der Waals surface area contributed by atoms with Gasteiger partial charge >= 0.3 is 6.16 Å². The highest BCUT2D eigenvalue weighted by Crippen LogP contribution is 2.18. The molecule has 0 radical (unpaired) electrons. The second kappa shape index (κ2) is 3.47. The van der Waals surface area contributed by atoms with E-state index >= 15 is 0 Å². The Balaban J connectivity index is 2.89. The lowest BCUT2D eigenvalue weighted by Crippen LogP contribution is -2.06. The SMILES string of the molecule is CC(C)c1cc(OC(=O)O)n(C)n1. The van der Waals surface area contributed by atoms with Crippen LogP contribution >= 0.6 is 0 Å². The van der Waals surface area contributed by atoms with Crippen LogP contribution in [0.4, 0.5) is 4.79 Å². The fraction of sp³-hybridized carbons (Fsp3) is 0.500. The van der Waals surface area contributed by atoms with Gasteiger partial charge in [-0.2, -0.15) is 5.10 Å². The average Bonchev–Trinajstić information content (AvgIpc) is 2.31. The van der Waals surface area contributed by atoms with Gasteiger partial charge in [-0.3, -0.25) is 0 Å². The summed E-state index contributed by atoms with van der Waals surface area (Å²) in [4.78, 5) is 10.2. The number of nitrogens with zero attached hydrogens (tertiary/aromatic N) is 2. The van der Waals surface area contributed by atoms with Gasteiger partial charge in [0, 0.05) is 13.1 Å². The van der Waals surface area contributed by atoms with Crippen LogP contribution in [0, 0.1) is 0 Å². The molecule has 5 heteroatoms. The van der Waals surface area contributed by atoms with Gasteiger partial charge in [0.15, 0.2) is 0 Å².